The summed E-state index contributed by atoms with van der Waals surface area (Å²) < 4.78 is 29.9. The van der Waals surface area contributed by atoms with Gasteiger partial charge < -0.3 is 21.1 Å². The van der Waals surface area contributed by atoms with Crippen LogP contribution in [0.25, 0.3) is 0 Å². The second kappa shape index (κ2) is 7.99. The van der Waals surface area contributed by atoms with Gasteiger partial charge in [-0.15, -0.1) is 0 Å². The minimum atomic E-state index is -2.61. The first-order valence-electron chi connectivity index (χ1n) is 7.84. The summed E-state index contributed by atoms with van der Waals surface area (Å²) in [6, 6.07) is 3.06. The lowest BCUT2D eigenvalue weighted by molar-refractivity contribution is 0.0791. The van der Waals surface area contributed by atoms with Gasteiger partial charge >= 0.3 is 0 Å². The molecule has 0 bridgehead atoms. The number of rotatable bonds is 6. The van der Waals surface area contributed by atoms with Crippen LogP contribution in [0.4, 0.5) is 20.2 Å². The standard InChI is InChI=1S/C16H23F2N3O2/c1-20-13-8-14(23-9-15(17)18)11(7-12(13)19)16(22)21-10-5-3-2-4-6-10/h7-8,10,15,20H,2-6,9,19H2,1H3,(H,21,22). The predicted molar refractivity (Wildman–Crippen MR) is 86.2 cm³/mol. The van der Waals surface area contributed by atoms with Crippen LogP contribution in [-0.2, 0) is 0 Å². The van der Waals surface area contributed by atoms with E-state index in [4.69, 9.17) is 10.5 Å². The third kappa shape index (κ3) is 4.71. The summed E-state index contributed by atoms with van der Waals surface area (Å²) >= 11 is 0. The van der Waals surface area contributed by atoms with E-state index in [1.54, 1.807) is 7.05 Å². The molecule has 0 aliphatic heterocycles. The molecule has 5 nitrogen and oxygen atoms in total. The molecule has 0 saturated heterocycles. The van der Waals surface area contributed by atoms with Gasteiger partial charge in [0.05, 0.1) is 16.9 Å². The van der Waals surface area contributed by atoms with E-state index in [0.29, 0.717) is 11.4 Å². The summed E-state index contributed by atoms with van der Waals surface area (Å²) in [5.41, 5.74) is 6.97. The van der Waals surface area contributed by atoms with E-state index in [-0.39, 0.29) is 23.3 Å². The second-order valence-corrected chi connectivity index (χ2v) is 5.70. The molecular weight excluding hydrogens is 304 g/mol. The topological polar surface area (TPSA) is 76.4 Å². The highest BCUT2D eigenvalue weighted by molar-refractivity contribution is 5.99. The molecule has 0 heterocycles. The molecule has 1 aromatic carbocycles. The van der Waals surface area contributed by atoms with E-state index in [0.717, 1.165) is 25.7 Å². The fraction of sp³-hybridized carbons (Fsp3) is 0.562. The number of hydrogen-bond acceptors (Lipinski definition) is 4. The van der Waals surface area contributed by atoms with Crippen molar-refractivity contribution in [1.82, 2.24) is 5.32 Å². The number of halogens is 2. The van der Waals surface area contributed by atoms with Crippen LogP contribution in [0.2, 0.25) is 0 Å². The fourth-order valence-corrected chi connectivity index (χ4v) is 2.77. The molecule has 0 spiro atoms. The zero-order chi connectivity index (χ0) is 16.8. The lowest BCUT2D eigenvalue weighted by atomic mass is 9.95. The highest BCUT2D eigenvalue weighted by Gasteiger charge is 2.21. The Labute approximate surface area is 134 Å². The Morgan fingerprint density at radius 2 is 2.04 bits per heavy atom. The van der Waals surface area contributed by atoms with E-state index in [1.807, 2.05) is 0 Å². The number of nitrogens with one attached hydrogen (secondary N) is 2. The molecule has 1 amide bonds. The Balaban J connectivity index is 2.19. The number of alkyl halides is 2. The minimum Gasteiger partial charge on any atom is -0.487 e. The van der Waals surface area contributed by atoms with Crippen LogP contribution < -0.4 is 21.1 Å². The Morgan fingerprint density at radius 3 is 2.65 bits per heavy atom. The summed E-state index contributed by atoms with van der Waals surface area (Å²) in [5, 5.41) is 5.79. The van der Waals surface area contributed by atoms with Crippen LogP contribution in [0.15, 0.2) is 12.1 Å². The maximum atomic E-state index is 12.5. The van der Waals surface area contributed by atoms with Gasteiger partial charge in [-0.3, -0.25) is 4.79 Å². The van der Waals surface area contributed by atoms with Crippen molar-refractivity contribution in [1.29, 1.82) is 0 Å². The number of nitrogens with two attached hydrogens (primary N) is 1. The fourth-order valence-electron chi connectivity index (χ4n) is 2.77. The van der Waals surface area contributed by atoms with Gasteiger partial charge in [0.15, 0.2) is 0 Å². The number of benzene rings is 1. The smallest absolute Gasteiger partial charge is 0.272 e. The molecule has 2 rings (SSSR count). The summed E-state index contributed by atoms with van der Waals surface area (Å²) in [6.45, 7) is -0.767. The van der Waals surface area contributed by atoms with Crippen LogP contribution in [0.1, 0.15) is 42.5 Å². The molecule has 4 N–H and O–H groups in total. The van der Waals surface area contributed by atoms with Gasteiger partial charge in [0.2, 0.25) is 0 Å². The Bertz CT molecular complexity index is 546. The Kier molecular flexibility index (Phi) is 6.01. The van der Waals surface area contributed by atoms with Crippen molar-refractivity contribution in [2.45, 2.75) is 44.6 Å². The second-order valence-electron chi connectivity index (χ2n) is 5.70. The molecule has 0 aromatic heterocycles. The van der Waals surface area contributed by atoms with E-state index < -0.39 is 13.0 Å². The first-order chi connectivity index (χ1) is 11.0. The van der Waals surface area contributed by atoms with E-state index in [1.165, 1.54) is 18.6 Å². The summed E-state index contributed by atoms with van der Waals surface area (Å²) in [6.07, 6.45) is 2.60. The monoisotopic (exact) mass is 327 g/mol. The molecule has 0 atom stereocenters. The molecule has 23 heavy (non-hydrogen) atoms. The molecule has 0 unspecified atom stereocenters. The zero-order valence-electron chi connectivity index (χ0n) is 13.2. The molecule has 128 valence electrons. The molecule has 1 fully saturated rings. The number of anilines is 2. The summed E-state index contributed by atoms with van der Waals surface area (Å²) in [4.78, 5) is 12.5. The predicted octanol–water partition coefficient (Wildman–Crippen LogP) is 3.02. The molecule has 1 saturated carbocycles. The highest BCUT2D eigenvalue weighted by Crippen LogP contribution is 2.30. The zero-order valence-corrected chi connectivity index (χ0v) is 13.2. The Hall–Kier alpha value is -2.05. The Morgan fingerprint density at radius 1 is 1.35 bits per heavy atom. The minimum absolute atomic E-state index is 0.108. The van der Waals surface area contributed by atoms with Gasteiger partial charge in [0.25, 0.3) is 12.3 Å². The van der Waals surface area contributed by atoms with Crippen molar-refractivity contribution < 1.29 is 18.3 Å². The lowest BCUT2D eigenvalue weighted by Crippen LogP contribution is -2.36. The van der Waals surface area contributed by atoms with Crippen molar-refractivity contribution in [2.75, 3.05) is 24.7 Å². The number of hydrogen-bond donors (Lipinski definition) is 3. The van der Waals surface area contributed by atoms with Crippen LogP contribution in [0.3, 0.4) is 0 Å². The van der Waals surface area contributed by atoms with Crippen molar-refractivity contribution in [3.8, 4) is 5.75 Å². The third-order valence-electron chi connectivity index (χ3n) is 3.97. The van der Waals surface area contributed by atoms with Crippen LogP contribution in [0, 0.1) is 0 Å². The largest absolute Gasteiger partial charge is 0.487 e. The summed E-state index contributed by atoms with van der Waals surface area (Å²) in [5.74, 6) is -0.229. The van der Waals surface area contributed by atoms with E-state index in [2.05, 4.69) is 10.6 Å². The average molecular weight is 327 g/mol. The van der Waals surface area contributed by atoms with Gasteiger partial charge in [-0.25, -0.2) is 8.78 Å². The SMILES string of the molecule is CNc1cc(OCC(F)F)c(C(=O)NC2CCCCC2)cc1N. The number of nitrogen functional groups attached to an aromatic ring is 1. The number of ether oxygens (including phenoxy) is 1. The van der Waals surface area contributed by atoms with Crippen molar-refractivity contribution >= 4 is 17.3 Å². The maximum absolute atomic E-state index is 12.5. The van der Waals surface area contributed by atoms with Crippen LogP contribution >= 0.6 is 0 Å². The molecule has 0 radical (unpaired) electrons. The van der Waals surface area contributed by atoms with Crippen molar-refractivity contribution in [3.63, 3.8) is 0 Å². The van der Waals surface area contributed by atoms with Crippen molar-refractivity contribution in [2.24, 2.45) is 0 Å². The number of carbonyl (C=O) groups is 1. The molecular formula is C16H23F2N3O2. The van der Waals surface area contributed by atoms with Gasteiger partial charge in [0.1, 0.15) is 12.4 Å². The number of carbonyl (C=O) groups excluding carboxylic acids is 1. The van der Waals surface area contributed by atoms with E-state index >= 15 is 0 Å². The third-order valence-corrected chi connectivity index (χ3v) is 3.97. The van der Waals surface area contributed by atoms with Crippen LogP contribution in [-0.4, -0.2) is 32.0 Å². The first-order valence-corrected chi connectivity index (χ1v) is 7.84. The maximum Gasteiger partial charge on any atom is 0.272 e. The highest BCUT2D eigenvalue weighted by atomic mass is 19.3. The lowest BCUT2D eigenvalue weighted by Gasteiger charge is -2.23. The van der Waals surface area contributed by atoms with Gasteiger partial charge in [0, 0.05) is 19.2 Å². The van der Waals surface area contributed by atoms with Crippen molar-refractivity contribution in [3.05, 3.63) is 17.7 Å². The normalized spacial score (nSPS) is 15.5. The van der Waals surface area contributed by atoms with E-state index in [9.17, 15) is 13.6 Å². The first kappa shape index (κ1) is 17.3. The molecule has 1 aromatic rings. The quantitative estimate of drug-likeness (QED) is 0.702. The van der Waals surface area contributed by atoms with Gasteiger partial charge in [-0.1, -0.05) is 19.3 Å². The van der Waals surface area contributed by atoms with Gasteiger partial charge in [-0.2, -0.15) is 0 Å². The number of amides is 1. The van der Waals surface area contributed by atoms with Crippen LogP contribution in [0.5, 0.6) is 5.75 Å². The summed E-state index contributed by atoms with van der Waals surface area (Å²) in [7, 11) is 1.66. The molecule has 1 aliphatic carbocycles. The average Bonchev–Trinajstić information content (AvgIpc) is 2.54. The van der Waals surface area contributed by atoms with Gasteiger partial charge in [-0.05, 0) is 18.9 Å². The molecule has 1 aliphatic rings. The molecule has 7 heteroatoms.